The number of ether oxygens (including phenoxy) is 1. The van der Waals surface area contributed by atoms with Crippen molar-refractivity contribution in [1.29, 1.82) is 0 Å². The van der Waals surface area contributed by atoms with Crippen LogP contribution in [0.1, 0.15) is 27.9 Å². The van der Waals surface area contributed by atoms with Gasteiger partial charge in [-0.1, -0.05) is 18.2 Å². The van der Waals surface area contributed by atoms with Crippen LogP contribution in [-0.4, -0.2) is 12.9 Å². The van der Waals surface area contributed by atoms with E-state index < -0.39 is 0 Å². The Labute approximate surface area is 129 Å². The van der Waals surface area contributed by atoms with E-state index in [1.807, 2.05) is 43.3 Å². The van der Waals surface area contributed by atoms with Gasteiger partial charge in [-0.15, -0.1) is 0 Å². The second kappa shape index (κ2) is 6.06. The van der Waals surface area contributed by atoms with E-state index in [0.29, 0.717) is 24.2 Å². The molecule has 0 fully saturated rings. The van der Waals surface area contributed by atoms with E-state index >= 15 is 0 Å². The molecule has 0 aliphatic rings. The zero-order valence-electron chi connectivity index (χ0n) is 12.8. The maximum Gasteiger partial charge on any atom is 0.167 e. The lowest BCUT2D eigenvalue weighted by Gasteiger charge is -2.10. The summed E-state index contributed by atoms with van der Waals surface area (Å²) in [4.78, 5) is 12.5. The monoisotopic (exact) mass is 294 g/mol. The van der Waals surface area contributed by atoms with E-state index in [4.69, 9.17) is 9.15 Å². The molecule has 112 valence electrons. The summed E-state index contributed by atoms with van der Waals surface area (Å²) in [6, 6.07) is 13.6. The minimum absolute atomic E-state index is 0.113. The van der Waals surface area contributed by atoms with Crippen molar-refractivity contribution in [3.63, 3.8) is 0 Å². The number of aryl methyl sites for hydroxylation is 2. The molecule has 0 atom stereocenters. The van der Waals surface area contributed by atoms with Crippen LogP contribution in [0, 0.1) is 6.92 Å². The molecule has 3 rings (SSSR count). The van der Waals surface area contributed by atoms with Crippen molar-refractivity contribution in [2.24, 2.45) is 0 Å². The van der Waals surface area contributed by atoms with E-state index in [0.717, 1.165) is 22.1 Å². The Hall–Kier alpha value is -2.55. The van der Waals surface area contributed by atoms with E-state index in [2.05, 4.69) is 6.07 Å². The molecule has 3 nitrogen and oxygen atoms in total. The van der Waals surface area contributed by atoms with Crippen LogP contribution in [-0.2, 0) is 6.42 Å². The van der Waals surface area contributed by atoms with E-state index in [9.17, 15) is 4.79 Å². The Morgan fingerprint density at radius 3 is 2.86 bits per heavy atom. The quantitative estimate of drug-likeness (QED) is 0.647. The van der Waals surface area contributed by atoms with Crippen molar-refractivity contribution < 1.29 is 13.9 Å². The van der Waals surface area contributed by atoms with Crippen LogP contribution in [0.2, 0.25) is 0 Å². The molecule has 0 aliphatic heterocycles. The molecule has 0 aliphatic carbocycles. The predicted octanol–water partition coefficient (Wildman–Crippen LogP) is 4.57. The molecule has 0 amide bonds. The lowest BCUT2D eigenvalue weighted by molar-refractivity contribution is 0.0979. The third kappa shape index (κ3) is 2.75. The molecule has 22 heavy (non-hydrogen) atoms. The molecule has 1 heterocycles. The van der Waals surface area contributed by atoms with Crippen LogP contribution in [0.15, 0.2) is 53.1 Å². The molecule has 0 N–H and O–H groups in total. The smallest absolute Gasteiger partial charge is 0.167 e. The molecular weight excluding hydrogens is 276 g/mol. The van der Waals surface area contributed by atoms with Crippen LogP contribution < -0.4 is 4.74 Å². The first kappa shape index (κ1) is 14.4. The summed E-state index contributed by atoms with van der Waals surface area (Å²) in [5.41, 5.74) is 3.65. The molecule has 0 unspecified atom stereocenters. The van der Waals surface area contributed by atoms with Gasteiger partial charge in [0, 0.05) is 11.8 Å². The first-order valence-electron chi connectivity index (χ1n) is 7.32. The highest BCUT2D eigenvalue weighted by Crippen LogP contribution is 2.24. The van der Waals surface area contributed by atoms with Gasteiger partial charge in [-0.05, 0) is 48.7 Å². The van der Waals surface area contributed by atoms with Crippen LogP contribution >= 0.6 is 0 Å². The highest BCUT2D eigenvalue weighted by molar-refractivity contribution is 6.00. The summed E-state index contributed by atoms with van der Waals surface area (Å²) in [6.07, 6.45) is 2.85. The van der Waals surface area contributed by atoms with Crippen molar-refractivity contribution in [3.05, 3.63) is 65.4 Å². The summed E-state index contributed by atoms with van der Waals surface area (Å²) in [5.74, 6) is 0.762. The number of Topliss-reactive ketones (excluding diaryl/α,β-unsaturated/α-hetero) is 1. The SMILES string of the molecule is COc1cccc(C)c1C(=O)CCc1ccc2occc2c1. The zero-order chi connectivity index (χ0) is 15.5. The van der Waals surface area contributed by atoms with Gasteiger partial charge in [-0.25, -0.2) is 0 Å². The number of hydrogen-bond acceptors (Lipinski definition) is 3. The Morgan fingerprint density at radius 1 is 1.18 bits per heavy atom. The van der Waals surface area contributed by atoms with Crippen LogP contribution in [0.4, 0.5) is 0 Å². The molecule has 3 heteroatoms. The zero-order valence-corrected chi connectivity index (χ0v) is 12.8. The summed E-state index contributed by atoms with van der Waals surface area (Å²) in [6.45, 7) is 1.94. The molecule has 0 saturated heterocycles. The average Bonchev–Trinajstić information content (AvgIpc) is 2.99. The van der Waals surface area contributed by atoms with Crippen LogP contribution in [0.3, 0.4) is 0 Å². The number of benzene rings is 2. The van der Waals surface area contributed by atoms with Crippen molar-refractivity contribution in [3.8, 4) is 5.75 Å². The fourth-order valence-corrected chi connectivity index (χ4v) is 2.72. The number of furan rings is 1. The topological polar surface area (TPSA) is 39.4 Å². The Bertz CT molecular complexity index is 814. The number of carbonyl (C=O) groups is 1. The first-order valence-corrected chi connectivity index (χ1v) is 7.32. The second-order valence-electron chi connectivity index (χ2n) is 5.37. The van der Waals surface area contributed by atoms with Gasteiger partial charge in [0.25, 0.3) is 0 Å². The molecule has 1 aromatic heterocycles. The maximum atomic E-state index is 12.5. The van der Waals surface area contributed by atoms with Crippen molar-refractivity contribution in [2.45, 2.75) is 19.8 Å². The fraction of sp³-hybridized carbons (Fsp3) is 0.211. The van der Waals surface area contributed by atoms with Crippen molar-refractivity contribution in [2.75, 3.05) is 7.11 Å². The fourth-order valence-electron chi connectivity index (χ4n) is 2.72. The van der Waals surface area contributed by atoms with Gasteiger partial charge in [0.2, 0.25) is 0 Å². The summed E-state index contributed by atoms with van der Waals surface area (Å²) < 4.78 is 10.6. The number of fused-ring (bicyclic) bond motifs is 1. The number of rotatable bonds is 5. The minimum Gasteiger partial charge on any atom is -0.496 e. The van der Waals surface area contributed by atoms with Crippen molar-refractivity contribution >= 4 is 16.8 Å². The lowest BCUT2D eigenvalue weighted by Crippen LogP contribution is -2.06. The number of methoxy groups -OCH3 is 1. The normalized spacial score (nSPS) is 10.8. The molecule has 0 bridgehead atoms. The van der Waals surface area contributed by atoms with Gasteiger partial charge in [0.15, 0.2) is 5.78 Å². The molecule has 2 aromatic carbocycles. The summed E-state index contributed by atoms with van der Waals surface area (Å²) in [7, 11) is 1.60. The van der Waals surface area contributed by atoms with E-state index in [1.165, 1.54) is 0 Å². The summed E-state index contributed by atoms with van der Waals surface area (Å²) >= 11 is 0. The average molecular weight is 294 g/mol. The molecule has 0 radical (unpaired) electrons. The standard InChI is InChI=1S/C19H18O3/c1-13-4-3-5-18(21-2)19(13)16(20)8-6-14-7-9-17-15(12-14)10-11-22-17/h3-5,7,9-12H,6,8H2,1-2H3. The van der Waals surface area contributed by atoms with Gasteiger partial charge >= 0.3 is 0 Å². The maximum absolute atomic E-state index is 12.5. The van der Waals surface area contributed by atoms with Crippen LogP contribution in [0.25, 0.3) is 11.0 Å². The minimum atomic E-state index is 0.113. The third-order valence-corrected chi connectivity index (χ3v) is 3.89. The van der Waals surface area contributed by atoms with E-state index in [-0.39, 0.29) is 5.78 Å². The molecular formula is C19H18O3. The molecule has 3 aromatic rings. The second-order valence-corrected chi connectivity index (χ2v) is 5.37. The highest BCUT2D eigenvalue weighted by Gasteiger charge is 2.14. The molecule has 0 saturated carbocycles. The first-order chi connectivity index (χ1) is 10.7. The van der Waals surface area contributed by atoms with Crippen molar-refractivity contribution in [1.82, 2.24) is 0 Å². The number of hydrogen-bond donors (Lipinski definition) is 0. The van der Waals surface area contributed by atoms with Gasteiger partial charge < -0.3 is 9.15 Å². The largest absolute Gasteiger partial charge is 0.496 e. The Morgan fingerprint density at radius 2 is 2.05 bits per heavy atom. The van der Waals surface area contributed by atoms with Gasteiger partial charge in [-0.3, -0.25) is 4.79 Å². The van der Waals surface area contributed by atoms with Gasteiger partial charge in [-0.2, -0.15) is 0 Å². The van der Waals surface area contributed by atoms with Gasteiger partial charge in [0.05, 0.1) is 18.9 Å². The number of ketones is 1. The Kier molecular flexibility index (Phi) is 3.96. The third-order valence-electron chi connectivity index (χ3n) is 3.89. The Balaban J connectivity index is 1.77. The lowest BCUT2D eigenvalue weighted by atomic mass is 9.98. The van der Waals surface area contributed by atoms with E-state index in [1.54, 1.807) is 13.4 Å². The molecule has 0 spiro atoms. The van der Waals surface area contributed by atoms with Gasteiger partial charge in [0.1, 0.15) is 11.3 Å². The predicted molar refractivity (Wildman–Crippen MR) is 86.6 cm³/mol. The number of carbonyl (C=O) groups excluding carboxylic acids is 1. The summed E-state index contributed by atoms with van der Waals surface area (Å²) in [5, 5.41) is 1.07. The highest BCUT2D eigenvalue weighted by atomic mass is 16.5. The van der Waals surface area contributed by atoms with Crippen LogP contribution in [0.5, 0.6) is 5.75 Å².